The summed E-state index contributed by atoms with van der Waals surface area (Å²) in [6, 6.07) is 6.73. The molecule has 0 spiro atoms. The van der Waals surface area contributed by atoms with Gasteiger partial charge in [0.25, 0.3) is 0 Å². The van der Waals surface area contributed by atoms with Gasteiger partial charge in [-0.25, -0.2) is 4.79 Å². The minimum absolute atomic E-state index is 0.239. The van der Waals surface area contributed by atoms with Crippen molar-refractivity contribution in [2.45, 2.75) is 13.3 Å². The monoisotopic (exact) mass is 314 g/mol. The Morgan fingerprint density at radius 3 is 2.45 bits per heavy atom. The number of rotatable bonds is 4. The third-order valence-corrected chi connectivity index (χ3v) is 2.75. The molecule has 0 amide bonds. The van der Waals surface area contributed by atoms with Gasteiger partial charge in [0.1, 0.15) is 11.4 Å². The zero-order valence-electron chi connectivity index (χ0n) is 11.8. The average Bonchev–Trinajstić information content (AvgIpc) is 2.80. The zero-order valence-corrected chi connectivity index (χ0v) is 11.8. The molecule has 0 bridgehead atoms. The van der Waals surface area contributed by atoms with Gasteiger partial charge < -0.3 is 9.47 Å². The Kier molecular flexibility index (Phi) is 4.39. The second-order valence-corrected chi connectivity index (χ2v) is 4.33. The molecule has 0 unspecified atom stereocenters. The van der Waals surface area contributed by atoms with E-state index in [-0.39, 0.29) is 18.1 Å². The van der Waals surface area contributed by atoms with E-state index in [1.165, 1.54) is 35.0 Å². The first-order valence-electron chi connectivity index (χ1n) is 6.37. The van der Waals surface area contributed by atoms with Crippen LogP contribution in [-0.2, 0) is 11.8 Å². The Morgan fingerprint density at radius 1 is 1.27 bits per heavy atom. The Labute approximate surface area is 124 Å². The van der Waals surface area contributed by atoms with Crippen molar-refractivity contribution in [2.24, 2.45) is 7.05 Å². The molecule has 0 N–H and O–H groups in total. The maximum Gasteiger partial charge on any atom is 0.573 e. The van der Waals surface area contributed by atoms with Crippen molar-refractivity contribution in [1.82, 2.24) is 9.78 Å². The molecule has 0 fully saturated rings. The van der Waals surface area contributed by atoms with Crippen LogP contribution in [0.15, 0.2) is 30.3 Å². The highest BCUT2D eigenvalue weighted by Gasteiger charge is 2.31. The van der Waals surface area contributed by atoms with Crippen molar-refractivity contribution >= 4 is 5.97 Å². The fourth-order valence-corrected chi connectivity index (χ4v) is 1.83. The number of aromatic nitrogens is 2. The van der Waals surface area contributed by atoms with Crippen molar-refractivity contribution in [2.75, 3.05) is 6.61 Å². The van der Waals surface area contributed by atoms with Gasteiger partial charge in [-0.05, 0) is 37.3 Å². The molecule has 118 valence electrons. The lowest BCUT2D eigenvalue weighted by Gasteiger charge is -2.08. The zero-order chi connectivity index (χ0) is 16.3. The molecule has 0 saturated carbocycles. The summed E-state index contributed by atoms with van der Waals surface area (Å²) in [6.07, 6.45) is -4.73. The molecule has 0 aliphatic carbocycles. The van der Waals surface area contributed by atoms with Gasteiger partial charge in [0.2, 0.25) is 0 Å². The molecule has 0 atom stereocenters. The first kappa shape index (κ1) is 15.9. The number of aryl methyl sites for hydroxylation is 1. The largest absolute Gasteiger partial charge is 0.573 e. The van der Waals surface area contributed by atoms with Crippen LogP contribution in [0.1, 0.15) is 17.4 Å². The third-order valence-electron chi connectivity index (χ3n) is 2.75. The first-order chi connectivity index (χ1) is 10.3. The summed E-state index contributed by atoms with van der Waals surface area (Å²) in [7, 11) is 1.58. The summed E-state index contributed by atoms with van der Waals surface area (Å²) in [6.45, 7) is 1.93. The number of esters is 1. The molecule has 0 aliphatic rings. The van der Waals surface area contributed by atoms with Crippen LogP contribution in [0.5, 0.6) is 5.75 Å². The van der Waals surface area contributed by atoms with Gasteiger partial charge in [0, 0.05) is 12.6 Å². The van der Waals surface area contributed by atoms with Gasteiger partial charge in [-0.15, -0.1) is 13.2 Å². The second-order valence-electron chi connectivity index (χ2n) is 4.33. The molecular weight excluding hydrogens is 301 g/mol. The molecule has 5 nitrogen and oxygen atoms in total. The lowest BCUT2D eigenvalue weighted by Crippen LogP contribution is -2.16. The summed E-state index contributed by atoms with van der Waals surface area (Å²) >= 11 is 0. The van der Waals surface area contributed by atoms with E-state index in [0.29, 0.717) is 11.3 Å². The van der Waals surface area contributed by atoms with E-state index in [1.807, 2.05) is 0 Å². The number of carbonyl (C=O) groups is 1. The minimum Gasteiger partial charge on any atom is -0.461 e. The molecule has 22 heavy (non-hydrogen) atoms. The minimum atomic E-state index is -4.73. The van der Waals surface area contributed by atoms with Gasteiger partial charge in [-0.3, -0.25) is 4.68 Å². The first-order valence-corrected chi connectivity index (χ1v) is 6.37. The number of nitrogens with zero attached hydrogens (tertiary/aromatic N) is 2. The highest BCUT2D eigenvalue weighted by atomic mass is 19.4. The average molecular weight is 314 g/mol. The van der Waals surface area contributed by atoms with Crippen molar-refractivity contribution in [1.29, 1.82) is 0 Å². The summed E-state index contributed by atoms with van der Waals surface area (Å²) in [4.78, 5) is 11.7. The maximum atomic E-state index is 12.1. The van der Waals surface area contributed by atoms with Crippen molar-refractivity contribution in [3.8, 4) is 17.0 Å². The number of alkyl halides is 3. The van der Waals surface area contributed by atoms with Crippen molar-refractivity contribution in [3.05, 3.63) is 36.0 Å². The van der Waals surface area contributed by atoms with E-state index >= 15 is 0 Å². The lowest BCUT2D eigenvalue weighted by molar-refractivity contribution is -0.274. The fraction of sp³-hybridized carbons (Fsp3) is 0.286. The topological polar surface area (TPSA) is 53.4 Å². The standard InChI is InChI=1S/C14H13F3N2O3/c1-3-21-13(20)12-8-11(18-19(12)2)9-4-6-10(7-5-9)22-14(15,16)17/h4-8H,3H2,1-2H3. The van der Waals surface area contributed by atoms with Gasteiger partial charge >= 0.3 is 12.3 Å². The quantitative estimate of drug-likeness (QED) is 0.814. The lowest BCUT2D eigenvalue weighted by atomic mass is 10.1. The Morgan fingerprint density at radius 2 is 1.91 bits per heavy atom. The highest BCUT2D eigenvalue weighted by molar-refractivity contribution is 5.89. The van der Waals surface area contributed by atoms with Crippen LogP contribution < -0.4 is 4.74 Å². The number of benzene rings is 1. The predicted molar refractivity (Wildman–Crippen MR) is 71.3 cm³/mol. The van der Waals surface area contributed by atoms with E-state index in [2.05, 4.69) is 9.84 Å². The van der Waals surface area contributed by atoms with Gasteiger partial charge in [-0.1, -0.05) is 0 Å². The summed E-state index contributed by atoms with van der Waals surface area (Å²) in [5, 5.41) is 4.14. The number of halogens is 3. The Bertz CT molecular complexity index is 663. The van der Waals surface area contributed by atoms with Crippen molar-refractivity contribution in [3.63, 3.8) is 0 Å². The van der Waals surface area contributed by atoms with Crippen LogP contribution in [0.2, 0.25) is 0 Å². The van der Waals surface area contributed by atoms with E-state index in [0.717, 1.165) is 0 Å². The number of hydrogen-bond acceptors (Lipinski definition) is 4. The van der Waals surface area contributed by atoms with Gasteiger partial charge in [0.15, 0.2) is 0 Å². The van der Waals surface area contributed by atoms with E-state index in [4.69, 9.17) is 4.74 Å². The summed E-state index contributed by atoms with van der Waals surface area (Å²) < 4.78 is 46.3. The highest BCUT2D eigenvalue weighted by Crippen LogP contribution is 2.26. The normalized spacial score (nSPS) is 11.3. The third kappa shape index (κ3) is 3.78. The molecule has 0 saturated heterocycles. The number of carbonyl (C=O) groups excluding carboxylic acids is 1. The molecule has 2 aromatic rings. The summed E-state index contributed by atoms with van der Waals surface area (Å²) in [5.74, 6) is -0.835. The number of ether oxygens (including phenoxy) is 2. The second kappa shape index (κ2) is 6.08. The van der Waals surface area contributed by atoms with Crippen LogP contribution in [0.4, 0.5) is 13.2 Å². The molecule has 0 aliphatic heterocycles. The molecule has 8 heteroatoms. The molecule has 2 rings (SSSR count). The summed E-state index contributed by atoms with van der Waals surface area (Å²) in [5.41, 5.74) is 1.26. The van der Waals surface area contributed by atoms with Crippen LogP contribution in [0.3, 0.4) is 0 Å². The smallest absolute Gasteiger partial charge is 0.461 e. The molecule has 1 heterocycles. The molecular formula is C14H13F3N2O3. The fourth-order valence-electron chi connectivity index (χ4n) is 1.83. The van der Waals surface area contributed by atoms with Gasteiger partial charge in [-0.2, -0.15) is 5.10 Å². The molecule has 1 aromatic carbocycles. The van der Waals surface area contributed by atoms with E-state index in [1.54, 1.807) is 14.0 Å². The van der Waals surface area contributed by atoms with E-state index < -0.39 is 12.3 Å². The predicted octanol–water partition coefficient (Wildman–Crippen LogP) is 3.16. The Balaban J connectivity index is 2.22. The van der Waals surface area contributed by atoms with Crippen LogP contribution in [0.25, 0.3) is 11.3 Å². The van der Waals surface area contributed by atoms with E-state index in [9.17, 15) is 18.0 Å². The van der Waals surface area contributed by atoms with Crippen LogP contribution in [0, 0.1) is 0 Å². The molecule has 1 aromatic heterocycles. The Hall–Kier alpha value is -2.51. The maximum absolute atomic E-state index is 12.1. The van der Waals surface area contributed by atoms with Crippen LogP contribution >= 0.6 is 0 Å². The van der Waals surface area contributed by atoms with Crippen LogP contribution in [-0.4, -0.2) is 28.7 Å². The van der Waals surface area contributed by atoms with Gasteiger partial charge in [0.05, 0.1) is 12.3 Å². The van der Waals surface area contributed by atoms with Crippen molar-refractivity contribution < 1.29 is 27.4 Å². The SMILES string of the molecule is CCOC(=O)c1cc(-c2ccc(OC(F)(F)F)cc2)nn1C. The number of hydrogen-bond donors (Lipinski definition) is 0. The molecule has 0 radical (unpaired) electrons.